The molecule has 1 saturated carbocycles. The molecule has 3 heterocycles. The summed E-state index contributed by atoms with van der Waals surface area (Å²) >= 11 is 0. The molecule has 2 aromatic heterocycles. The van der Waals surface area contributed by atoms with Crippen LogP contribution >= 0.6 is 0 Å². The van der Waals surface area contributed by atoms with Gasteiger partial charge in [0.1, 0.15) is 22.9 Å². The summed E-state index contributed by atoms with van der Waals surface area (Å²) in [4.78, 5) is 20.3. The number of ether oxygens (including phenoxy) is 3. The fourth-order valence-electron chi connectivity index (χ4n) is 4.67. The molecule has 1 saturated heterocycles. The summed E-state index contributed by atoms with van der Waals surface area (Å²) in [6.07, 6.45) is 7.54. The molecule has 0 spiro atoms. The van der Waals surface area contributed by atoms with Crippen molar-refractivity contribution in [3.8, 4) is 11.6 Å². The average molecular weight is 465 g/mol. The number of benzene rings is 1. The van der Waals surface area contributed by atoms with Gasteiger partial charge in [-0.1, -0.05) is 0 Å². The first-order valence-corrected chi connectivity index (χ1v) is 12.2. The first-order chi connectivity index (χ1) is 16.7. The van der Waals surface area contributed by atoms with Crippen molar-refractivity contribution in [2.75, 3.05) is 43.1 Å². The summed E-state index contributed by atoms with van der Waals surface area (Å²) < 4.78 is 17.6. The summed E-state index contributed by atoms with van der Waals surface area (Å²) in [6, 6.07) is 6.44. The Labute approximate surface area is 199 Å². The summed E-state index contributed by atoms with van der Waals surface area (Å²) in [5, 5.41) is 3.56. The van der Waals surface area contributed by atoms with Gasteiger partial charge in [-0.25, -0.2) is 9.97 Å². The summed E-state index contributed by atoms with van der Waals surface area (Å²) in [6.45, 7) is 7.65. The Kier molecular flexibility index (Phi) is 6.89. The standard InChI is InChI=1S/C25H32N6O3/c1-3-33-24-16-23(28-17(2)29-24)30-18-4-6-20(7-5-18)34-22-15-19(31-10-12-32-13-11-31)14-21-25(22)27-9-8-26-21/h8-9,14-16,18,20H,3-7,10-13H2,1-2H3,(H,28,29,30)/t18-,20+. The van der Waals surface area contributed by atoms with Crippen molar-refractivity contribution < 1.29 is 14.2 Å². The van der Waals surface area contributed by atoms with Crippen LogP contribution in [0.15, 0.2) is 30.6 Å². The molecule has 0 atom stereocenters. The second-order valence-electron chi connectivity index (χ2n) is 8.77. The molecule has 0 unspecified atom stereocenters. The molecule has 5 rings (SSSR count). The number of rotatable bonds is 7. The van der Waals surface area contributed by atoms with Crippen LogP contribution in [0.3, 0.4) is 0 Å². The molecule has 34 heavy (non-hydrogen) atoms. The van der Waals surface area contributed by atoms with Crippen molar-refractivity contribution in [2.45, 2.75) is 51.7 Å². The smallest absolute Gasteiger partial charge is 0.218 e. The number of aryl methyl sites for hydroxylation is 1. The molecule has 9 heteroatoms. The Bertz CT molecular complexity index is 1110. The summed E-state index contributed by atoms with van der Waals surface area (Å²) in [5.74, 6) is 2.96. The van der Waals surface area contributed by atoms with Gasteiger partial charge in [-0.05, 0) is 45.6 Å². The molecule has 0 radical (unpaired) electrons. The zero-order chi connectivity index (χ0) is 23.3. The van der Waals surface area contributed by atoms with Crippen LogP contribution in [0, 0.1) is 6.92 Å². The van der Waals surface area contributed by atoms with E-state index in [4.69, 9.17) is 14.2 Å². The van der Waals surface area contributed by atoms with Gasteiger partial charge in [-0.2, -0.15) is 4.98 Å². The maximum atomic E-state index is 6.53. The van der Waals surface area contributed by atoms with Gasteiger partial charge in [-0.3, -0.25) is 4.98 Å². The van der Waals surface area contributed by atoms with E-state index in [-0.39, 0.29) is 6.10 Å². The molecule has 2 aliphatic rings. The normalized spacial score (nSPS) is 20.8. The van der Waals surface area contributed by atoms with Gasteiger partial charge in [0, 0.05) is 49.3 Å². The number of nitrogens with one attached hydrogen (secondary N) is 1. The van der Waals surface area contributed by atoms with E-state index >= 15 is 0 Å². The Hall–Kier alpha value is -3.20. The van der Waals surface area contributed by atoms with Crippen LogP contribution < -0.4 is 19.7 Å². The molecule has 180 valence electrons. The van der Waals surface area contributed by atoms with Crippen molar-refractivity contribution in [3.63, 3.8) is 0 Å². The van der Waals surface area contributed by atoms with Crippen molar-refractivity contribution in [1.82, 2.24) is 19.9 Å². The molecule has 1 aromatic carbocycles. The minimum atomic E-state index is 0.148. The maximum Gasteiger partial charge on any atom is 0.218 e. The molecule has 9 nitrogen and oxygen atoms in total. The zero-order valence-corrected chi connectivity index (χ0v) is 19.9. The number of morpholine rings is 1. The lowest BCUT2D eigenvalue weighted by Crippen LogP contribution is -2.36. The third-order valence-electron chi connectivity index (χ3n) is 6.33. The predicted molar refractivity (Wildman–Crippen MR) is 131 cm³/mol. The Morgan fingerprint density at radius 1 is 1.03 bits per heavy atom. The van der Waals surface area contributed by atoms with Gasteiger partial charge in [0.2, 0.25) is 5.88 Å². The SMILES string of the molecule is CCOc1cc(N[C@H]2CC[C@@H](Oc3cc(N4CCOCC4)cc4nccnc34)CC2)nc(C)n1. The number of anilines is 2. The minimum absolute atomic E-state index is 0.148. The lowest BCUT2D eigenvalue weighted by molar-refractivity contribution is 0.122. The number of hydrogen-bond acceptors (Lipinski definition) is 9. The van der Waals surface area contributed by atoms with E-state index in [1.54, 1.807) is 12.4 Å². The molecular formula is C25H32N6O3. The van der Waals surface area contributed by atoms with E-state index in [1.165, 1.54) is 0 Å². The summed E-state index contributed by atoms with van der Waals surface area (Å²) in [7, 11) is 0. The second-order valence-corrected chi connectivity index (χ2v) is 8.77. The van der Waals surface area contributed by atoms with E-state index in [0.29, 0.717) is 24.4 Å². The highest BCUT2D eigenvalue weighted by atomic mass is 16.5. The van der Waals surface area contributed by atoms with Gasteiger partial charge >= 0.3 is 0 Å². The van der Waals surface area contributed by atoms with Crippen LogP contribution in [0.1, 0.15) is 38.4 Å². The Morgan fingerprint density at radius 3 is 2.62 bits per heavy atom. The van der Waals surface area contributed by atoms with Crippen LogP contribution in [-0.4, -0.2) is 65.0 Å². The van der Waals surface area contributed by atoms with Gasteiger partial charge < -0.3 is 24.4 Å². The number of aromatic nitrogens is 4. The first kappa shape index (κ1) is 22.6. The van der Waals surface area contributed by atoms with Crippen LogP contribution in [0.25, 0.3) is 11.0 Å². The van der Waals surface area contributed by atoms with Gasteiger partial charge in [0.15, 0.2) is 0 Å². The lowest BCUT2D eigenvalue weighted by Gasteiger charge is -2.31. The van der Waals surface area contributed by atoms with Crippen LogP contribution in [0.4, 0.5) is 11.5 Å². The molecule has 3 aromatic rings. The molecule has 1 aliphatic carbocycles. The van der Waals surface area contributed by atoms with Crippen LogP contribution in [0.5, 0.6) is 11.6 Å². The third-order valence-corrected chi connectivity index (χ3v) is 6.33. The van der Waals surface area contributed by atoms with E-state index < -0.39 is 0 Å². The van der Waals surface area contributed by atoms with Crippen molar-refractivity contribution in [1.29, 1.82) is 0 Å². The largest absolute Gasteiger partial charge is 0.488 e. The molecule has 0 amide bonds. The fraction of sp³-hybridized carbons (Fsp3) is 0.520. The van der Waals surface area contributed by atoms with E-state index in [9.17, 15) is 0 Å². The van der Waals surface area contributed by atoms with Crippen LogP contribution in [0.2, 0.25) is 0 Å². The molecule has 2 fully saturated rings. The lowest BCUT2D eigenvalue weighted by atomic mass is 9.93. The highest BCUT2D eigenvalue weighted by Crippen LogP contribution is 2.33. The molecule has 0 bridgehead atoms. The van der Waals surface area contributed by atoms with E-state index in [0.717, 1.165) is 80.3 Å². The number of hydrogen-bond donors (Lipinski definition) is 1. The fourth-order valence-corrected chi connectivity index (χ4v) is 4.67. The molecule has 1 aliphatic heterocycles. The third kappa shape index (κ3) is 5.30. The average Bonchev–Trinajstić information content (AvgIpc) is 2.85. The summed E-state index contributed by atoms with van der Waals surface area (Å²) in [5.41, 5.74) is 2.80. The van der Waals surface area contributed by atoms with Crippen LogP contribution in [-0.2, 0) is 4.74 Å². The van der Waals surface area contributed by atoms with Crippen molar-refractivity contribution in [2.24, 2.45) is 0 Å². The molecule has 1 N–H and O–H groups in total. The molecular weight excluding hydrogens is 432 g/mol. The maximum absolute atomic E-state index is 6.53. The monoisotopic (exact) mass is 464 g/mol. The predicted octanol–water partition coefficient (Wildman–Crippen LogP) is 3.77. The number of fused-ring (bicyclic) bond motifs is 1. The Balaban J connectivity index is 1.25. The van der Waals surface area contributed by atoms with Crippen molar-refractivity contribution in [3.05, 3.63) is 36.4 Å². The minimum Gasteiger partial charge on any atom is -0.488 e. The number of nitrogens with zero attached hydrogens (tertiary/aromatic N) is 5. The van der Waals surface area contributed by atoms with Gasteiger partial charge in [-0.15, -0.1) is 0 Å². The van der Waals surface area contributed by atoms with E-state index in [2.05, 4.69) is 42.3 Å². The van der Waals surface area contributed by atoms with Gasteiger partial charge in [0.05, 0.1) is 31.4 Å². The quantitative estimate of drug-likeness (QED) is 0.561. The van der Waals surface area contributed by atoms with E-state index in [1.807, 2.05) is 19.9 Å². The first-order valence-electron chi connectivity index (χ1n) is 12.2. The topological polar surface area (TPSA) is 94.5 Å². The second kappa shape index (κ2) is 10.4. The zero-order valence-electron chi connectivity index (χ0n) is 19.9. The van der Waals surface area contributed by atoms with Crippen molar-refractivity contribution >= 4 is 22.5 Å². The highest BCUT2D eigenvalue weighted by Gasteiger charge is 2.24. The highest BCUT2D eigenvalue weighted by molar-refractivity contribution is 5.85. The Morgan fingerprint density at radius 2 is 1.82 bits per heavy atom. The van der Waals surface area contributed by atoms with Gasteiger partial charge in [0.25, 0.3) is 0 Å².